The van der Waals surface area contributed by atoms with E-state index in [1.165, 1.54) is 0 Å². The van der Waals surface area contributed by atoms with Gasteiger partial charge < -0.3 is 15.4 Å². The molecule has 5 nitrogen and oxygen atoms in total. The zero-order valence-electron chi connectivity index (χ0n) is 15.4. The summed E-state index contributed by atoms with van der Waals surface area (Å²) in [5, 5.41) is 7.44. The van der Waals surface area contributed by atoms with Gasteiger partial charge in [0.1, 0.15) is 5.75 Å². The predicted molar refractivity (Wildman–Crippen MR) is 101 cm³/mol. The quantitative estimate of drug-likeness (QED) is 0.563. The van der Waals surface area contributed by atoms with Crippen LogP contribution in [-0.4, -0.2) is 24.1 Å². The second-order valence-electron chi connectivity index (χ2n) is 5.78. The standard InChI is InChI=1S/C18H24F2N4OS/c1-5-21-18(23-10-16-12(3)24-13(4)26-16)22-9-14-8-11(2)6-7-15(14)25-17(19)20/h6-8,17H,5,9-10H2,1-4H3,(H2,21,22,23). The smallest absolute Gasteiger partial charge is 0.387 e. The monoisotopic (exact) mass is 382 g/mol. The molecule has 0 amide bonds. The van der Waals surface area contributed by atoms with Crippen LogP contribution in [0.5, 0.6) is 5.75 Å². The lowest BCUT2D eigenvalue weighted by molar-refractivity contribution is -0.0504. The van der Waals surface area contributed by atoms with Gasteiger partial charge in [-0.1, -0.05) is 17.7 Å². The van der Waals surface area contributed by atoms with Crippen molar-refractivity contribution in [3.8, 4) is 5.75 Å². The van der Waals surface area contributed by atoms with Gasteiger partial charge in [0.05, 0.1) is 23.8 Å². The van der Waals surface area contributed by atoms with Gasteiger partial charge in [0.15, 0.2) is 5.96 Å². The predicted octanol–water partition coefficient (Wildman–Crippen LogP) is 3.93. The second kappa shape index (κ2) is 9.47. The number of rotatable bonds is 7. The molecule has 26 heavy (non-hydrogen) atoms. The molecular formula is C18H24F2N4OS. The Morgan fingerprint density at radius 3 is 2.65 bits per heavy atom. The van der Waals surface area contributed by atoms with Crippen LogP contribution in [0.4, 0.5) is 8.78 Å². The zero-order chi connectivity index (χ0) is 19.1. The number of aryl methyl sites for hydroxylation is 3. The molecule has 0 radical (unpaired) electrons. The molecular weight excluding hydrogens is 358 g/mol. The lowest BCUT2D eigenvalue weighted by Crippen LogP contribution is -2.36. The van der Waals surface area contributed by atoms with Crippen LogP contribution in [-0.2, 0) is 13.1 Å². The lowest BCUT2D eigenvalue weighted by atomic mass is 10.1. The molecule has 8 heteroatoms. The maximum atomic E-state index is 12.6. The summed E-state index contributed by atoms with van der Waals surface area (Å²) < 4.78 is 29.8. The number of guanidine groups is 1. The molecule has 1 heterocycles. The van der Waals surface area contributed by atoms with Gasteiger partial charge >= 0.3 is 6.61 Å². The average molecular weight is 382 g/mol. The summed E-state index contributed by atoms with van der Waals surface area (Å²) in [7, 11) is 0. The van der Waals surface area contributed by atoms with Crippen molar-refractivity contribution in [1.82, 2.24) is 15.6 Å². The van der Waals surface area contributed by atoms with E-state index in [2.05, 4.69) is 25.3 Å². The molecule has 0 spiro atoms. The molecule has 0 saturated carbocycles. The molecule has 142 valence electrons. The van der Waals surface area contributed by atoms with E-state index < -0.39 is 6.61 Å². The molecule has 1 aromatic carbocycles. The first kappa shape index (κ1) is 20.1. The third kappa shape index (κ3) is 5.94. The van der Waals surface area contributed by atoms with Crippen molar-refractivity contribution in [1.29, 1.82) is 0 Å². The number of hydrogen-bond donors (Lipinski definition) is 2. The van der Waals surface area contributed by atoms with Crippen molar-refractivity contribution in [3.05, 3.63) is 44.9 Å². The van der Waals surface area contributed by atoms with Crippen LogP contribution in [0.2, 0.25) is 0 Å². The minimum absolute atomic E-state index is 0.152. The highest BCUT2D eigenvalue weighted by Crippen LogP contribution is 2.23. The number of ether oxygens (including phenoxy) is 1. The van der Waals surface area contributed by atoms with Crippen molar-refractivity contribution in [2.75, 3.05) is 6.54 Å². The van der Waals surface area contributed by atoms with Crippen LogP contribution in [0.15, 0.2) is 23.2 Å². The number of hydrogen-bond acceptors (Lipinski definition) is 4. The molecule has 0 bridgehead atoms. The van der Waals surface area contributed by atoms with E-state index in [0.29, 0.717) is 24.6 Å². The fourth-order valence-corrected chi connectivity index (χ4v) is 3.33. The van der Waals surface area contributed by atoms with E-state index in [9.17, 15) is 8.78 Å². The average Bonchev–Trinajstić information content (AvgIpc) is 2.89. The molecule has 0 aliphatic carbocycles. The number of nitrogens with zero attached hydrogens (tertiary/aromatic N) is 2. The molecule has 2 N–H and O–H groups in total. The van der Waals surface area contributed by atoms with Gasteiger partial charge in [0, 0.05) is 17.0 Å². The van der Waals surface area contributed by atoms with Crippen LogP contribution >= 0.6 is 11.3 Å². The van der Waals surface area contributed by atoms with Crippen molar-refractivity contribution in [2.24, 2.45) is 4.99 Å². The summed E-state index contributed by atoms with van der Waals surface area (Å²) in [6.45, 7) is 6.50. The van der Waals surface area contributed by atoms with Crippen LogP contribution < -0.4 is 15.4 Å². The van der Waals surface area contributed by atoms with Gasteiger partial charge in [-0.25, -0.2) is 9.98 Å². The summed E-state index contributed by atoms with van der Waals surface area (Å²) in [4.78, 5) is 10.1. The number of halogens is 2. The first-order valence-corrected chi connectivity index (χ1v) is 9.20. The maximum absolute atomic E-state index is 12.6. The highest BCUT2D eigenvalue weighted by molar-refractivity contribution is 7.11. The number of nitrogens with one attached hydrogen (secondary N) is 2. The molecule has 0 fully saturated rings. The van der Waals surface area contributed by atoms with Crippen molar-refractivity contribution in [3.63, 3.8) is 0 Å². The van der Waals surface area contributed by atoms with Crippen molar-refractivity contribution in [2.45, 2.75) is 47.4 Å². The fourth-order valence-electron chi connectivity index (χ4n) is 2.45. The molecule has 0 unspecified atom stereocenters. The van der Waals surface area contributed by atoms with Gasteiger partial charge in [-0.15, -0.1) is 11.3 Å². The van der Waals surface area contributed by atoms with Gasteiger partial charge in [0.25, 0.3) is 0 Å². The molecule has 2 aromatic rings. The summed E-state index contributed by atoms with van der Waals surface area (Å²) in [5.74, 6) is 0.765. The van der Waals surface area contributed by atoms with E-state index in [1.54, 1.807) is 23.5 Å². The fraction of sp³-hybridized carbons (Fsp3) is 0.444. The molecule has 1 aromatic heterocycles. The summed E-state index contributed by atoms with van der Waals surface area (Å²) in [6, 6.07) is 5.10. The third-order valence-corrected chi connectivity index (χ3v) is 4.67. The van der Waals surface area contributed by atoms with Crippen LogP contribution in [0.25, 0.3) is 0 Å². The van der Waals surface area contributed by atoms with Crippen LogP contribution in [0.3, 0.4) is 0 Å². The minimum Gasteiger partial charge on any atom is -0.434 e. The largest absolute Gasteiger partial charge is 0.434 e. The van der Waals surface area contributed by atoms with Gasteiger partial charge in [-0.3, -0.25) is 0 Å². The molecule has 0 aliphatic rings. The first-order chi connectivity index (χ1) is 12.4. The molecule has 2 rings (SSSR count). The Balaban J connectivity index is 2.11. The zero-order valence-corrected chi connectivity index (χ0v) is 16.2. The molecule has 0 saturated heterocycles. The Morgan fingerprint density at radius 1 is 1.27 bits per heavy atom. The van der Waals surface area contributed by atoms with Crippen LogP contribution in [0.1, 0.15) is 33.6 Å². The number of alkyl halides is 2. The summed E-state index contributed by atoms with van der Waals surface area (Å²) in [6.07, 6.45) is 0. The number of aromatic nitrogens is 1. The van der Waals surface area contributed by atoms with Crippen LogP contribution in [0, 0.1) is 20.8 Å². The van der Waals surface area contributed by atoms with Gasteiger partial charge in [-0.2, -0.15) is 8.78 Å². The Bertz CT molecular complexity index is 762. The lowest BCUT2D eigenvalue weighted by Gasteiger charge is -2.13. The number of aliphatic imine (C=N–C) groups is 1. The SMILES string of the molecule is CCNC(=NCc1cc(C)ccc1OC(F)F)NCc1sc(C)nc1C. The third-order valence-electron chi connectivity index (χ3n) is 3.60. The Morgan fingerprint density at radius 2 is 2.04 bits per heavy atom. The van der Waals surface area contributed by atoms with Crippen molar-refractivity contribution < 1.29 is 13.5 Å². The highest BCUT2D eigenvalue weighted by Gasteiger charge is 2.10. The van der Waals surface area contributed by atoms with E-state index in [0.717, 1.165) is 21.1 Å². The van der Waals surface area contributed by atoms with E-state index in [-0.39, 0.29) is 12.3 Å². The Kier molecular flexibility index (Phi) is 7.32. The number of thiazole rings is 1. The van der Waals surface area contributed by atoms with Crippen molar-refractivity contribution >= 4 is 17.3 Å². The topological polar surface area (TPSA) is 58.5 Å². The van der Waals surface area contributed by atoms with E-state index >= 15 is 0 Å². The summed E-state index contributed by atoms with van der Waals surface area (Å²) >= 11 is 1.64. The molecule has 0 atom stereocenters. The number of benzene rings is 1. The Labute approximate surface area is 156 Å². The van der Waals surface area contributed by atoms with E-state index in [1.807, 2.05) is 33.8 Å². The maximum Gasteiger partial charge on any atom is 0.387 e. The first-order valence-electron chi connectivity index (χ1n) is 8.38. The van der Waals surface area contributed by atoms with Gasteiger partial charge in [-0.05, 0) is 33.8 Å². The second-order valence-corrected chi connectivity index (χ2v) is 7.07. The summed E-state index contributed by atoms with van der Waals surface area (Å²) in [5.41, 5.74) is 2.58. The minimum atomic E-state index is -2.86. The molecule has 0 aliphatic heterocycles. The van der Waals surface area contributed by atoms with Gasteiger partial charge in [0.2, 0.25) is 0 Å². The highest BCUT2D eigenvalue weighted by atomic mass is 32.1. The normalized spacial score (nSPS) is 11.7. The van der Waals surface area contributed by atoms with E-state index in [4.69, 9.17) is 0 Å². The Hall–Kier alpha value is -2.22.